The minimum Gasteiger partial charge on any atom is -0.465 e. The number of amides is 2. The molecule has 1 aromatic carbocycles. The van der Waals surface area contributed by atoms with E-state index >= 15 is 0 Å². The van der Waals surface area contributed by atoms with Gasteiger partial charge in [0.25, 0.3) is 0 Å². The average Bonchev–Trinajstić information content (AvgIpc) is 3.57. The number of aromatic nitrogens is 1. The molecule has 0 bridgehead atoms. The van der Waals surface area contributed by atoms with Gasteiger partial charge in [-0.1, -0.05) is 0 Å². The molecule has 39 heavy (non-hydrogen) atoms. The Morgan fingerprint density at radius 1 is 0.974 bits per heavy atom. The second-order valence-electron chi connectivity index (χ2n) is 9.44. The number of hydrogen-bond acceptors (Lipinski definition) is 7. The van der Waals surface area contributed by atoms with Crippen LogP contribution in [-0.4, -0.2) is 35.2 Å². The van der Waals surface area contributed by atoms with Gasteiger partial charge in [-0.2, -0.15) is 24.5 Å². The van der Waals surface area contributed by atoms with Crippen LogP contribution < -0.4 is 10.6 Å². The Hall–Kier alpha value is -3.84. The van der Waals surface area contributed by atoms with Crippen LogP contribution in [0.4, 0.5) is 29.3 Å². The van der Waals surface area contributed by atoms with Crippen LogP contribution in [0.5, 0.6) is 0 Å². The second kappa shape index (κ2) is 10.7. The molecule has 0 aliphatic heterocycles. The molecule has 0 saturated carbocycles. The van der Waals surface area contributed by atoms with Gasteiger partial charge in [-0.05, 0) is 61.4 Å². The first-order valence-electron chi connectivity index (χ1n) is 11.5. The Balaban J connectivity index is 1.87. The van der Waals surface area contributed by atoms with Gasteiger partial charge in [0.1, 0.15) is 5.60 Å². The molecule has 3 heterocycles. The number of nitrogens with one attached hydrogen (secondary N) is 2. The Morgan fingerprint density at radius 2 is 1.72 bits per heavy atom. The molecule has 2 N–H and O–H groups in total. The molecule has 3 aromatic heterocycles. The third-order valence-corrected chi connectivity index (χ3v) is 6.93. The first kappa shape index (κ1) is 28.2. The summed E-state index contributed by atoms with van der Waals surface area (Å²) < 4.78 is 52.8. The number of benzene rings is 1. The molecule has 4 rings (SSSR count). The predicted molar refractivity (Wildman–Crippen MR) is 144 cm³/mol. The van der Waals surface area contributed by atoms with Crippen molar-refractivity contribution in [3.63, 3.8) is 0 Å². The quantitative estimate of drug-likeness (QED) is 0.235. The van der Waals surface area contributed by atoms with E-state index < -0.39 is 35.3 Å². The molecular formula is C26H24F3N3O5S2. The maximum atomic E-state index is 13.7. The number of methoxy groups -OCH3 is 1. The molecule has 0 atom stereocenters. The highest BCUT2D eigenvalue weighted by atomic mass is 32.1. The van der Waals surface area contributed by atoms with E-state index in [4.69, 9.17) is 9.47 Å². The van der Waals surface area contributed by atoms with Crippen molar-refractivity contribution in [1.29, 1.82) is 0 Å². The first-order chi connectivity index (χ1) is 18.3. The number of nitrogens with zero attached hydrogens (tertiary/aromatic N) is 1. The standard InChI is InChI=1S/C26H24F3N3O5S2/c1-25(2,3)37-23(34)21-20(31-24(35)30-18-13-39-12-17(18)22(33)36-4)16-9-15(26(27,28)29)5-6-19(16)32(21)10-14-7-8-38-11-14/h5-9,11-13H,10H2,1-4H3,(H2,30,31,35). The van der Waals surface area contributed by atoms with Gasteiger partial charge in [0, 0.05) is 22.7 Å². The van der Waals surface area contributed by atoms with Gasteiger partial charge in [0.15, 0.2) is 5.69 Å². The number of thiophene rings is 2. The lowest BCUT2D eigenvalue weighted by Crippen LogP contribution is -2.27. The zero-order valence-corrected chi connectivity index (χ0v) is 22.9. The van der Waals surface area contributed by atoms with Crippen LogP contribution in [0.15, 0.2) is 45.8 Å². The minimum atomic E-state index is -4.67. The highest BCUT2D eigenvalue weighted by Crippen LogP contribution is 2.38. The van der Waals surface area contributed by atoms with Gasteiger partial charge in [0.05, 0.1) is 35.1 Å². The van der Waals surface area contributed by atoms with E-state index in [1.807, 2.05) is 16.8 Å². The lowest BCUT2D eigenvalue weighted by atomic mass is 10.1. The highest BCUT2D eigenvalue weighted by Gasteiger charge is 2.34. The zero-order chi connectivity index (χ0) is 28.5. The molecule has 4 aromatic rings. The van der Waals surface area contributed by atoms with Gasteiger partial charge < -0.3 is 24.7 Å². The number of alkyl halides is 3. The van der Waals surface area contributed by atoms with Crippen LogP contribution in [0.1, 0.15) is 52.7 Å². The Kier molecular flexibility index (Phi) is 7.75. The number of carbonyl (C=O) groups is 3. The summed E-state index contributed by atoms with van der Waals surface area (Å²) in [7, 11) is 1.19. The summed E-state index contributed by atoms with van der Waals surface area (Å²) in [6, 6.07) is 4.01. The molecule has 0 saturated heterocycles. The summed E-state index contributed by atoms with van der Waals surface area (Å²) in [6.07, 6.45) is -4.67. The molecule has 0 unspecified atom stereocenters. The van der Waals surface area contributed by atoms with Crippen molar-refractivity contribution in [2.24, 2.45) is 0 Å². The average molecular weight is 580 g/mol. The number of fused-ring (bicyclic) bond motifs is 1. The Labute approximate surface area is 229 Å². The number of urea groups is 1. The minimum absolute atomic E-state index is 0.00502. The number of carbonyl (C=O) groups excluding carboxylic acids is 3. The van der Waals surface area contributed by atoms with E-state index in [0.29, 0.717) is 0 Å². The second-order valence-corrected chi connectivity index (χ2v) is 11.0. The lowest BCUT2D eigenvalue weighted by Gasteiger charge is -2.21. The normalized spacial score (nSPS) is 11.9. The van der Waals surface area contributed by atoms with Crippen LogP contribution in [0.3, 0.4) is 0 Å². The van der Waals surface area contributed by atoms with Crippen molar-refractivity contribution < 1.29 is 37.0 Å². The largest absolute Gasteiger partial charge is 0.465 e. The molecule has 8 nitrogen and oxygen atoms in total. The molecule has 0 spiro atoms. The number of halogens is 3. The van der Waals surface area contributed by atoms with Crippen molar-refractivity contribution in [2.45, 2.75) is 39.1 Å². The fourth-order valence-electron chi connectivity index (χ4n) is 3.85. The molecule has 13 heteroatoms. The SMILES string of the molecule is COC(=O)c1cscc1NC(=O)Nc1c(C(=O)OC(C)(C)C)n(Cc2ccsc2)c2ccc(C(F)(F)F)cc12. The summed E-state index contributed by atoms with van der Waals surface area (Å²) in [5.41, 5.74) is -0.830. The predicted octanol–water partition coefficient (Wildman–Crippen LogP) is 7.22. The summed E-state index contributed by atoms with van der Waals surface area (Å²) in [4.78, 5) is 38.6. The lowest BCUT2D eigenvalue weighted by molar-refractivity contribution is -0.137. The molecule has 0 fully saturated rings. The molecule has 2 amide bonds. The van der Waals surface area contributed by atoms with Crippen LogP contribution >= 0.6 is 22.7 Å². The van der Waals surface area contributed by atoms with Crippen LogP contribution in [-0.2, 0) is 22.2 Å². The van der Waals surface area contributed by atoms with Crippen LogP contribution in [0, 0.1) is 0 Å². The fourth-order valence-corrected chi connectivity index (χ4v) is 5.26. The van der Waals surface area contributed by atoms with Gasteiger partial charge in [0.2, 0.25) is 0 Å². The topological polar surface area (TPSA) is 98.7 Å². The van der Waals surface area contributed by atoms with Crippen molar-refractivity contribution in [2.75, 3.05) is 17.7 Å². The first-order valence-corrected chi connectivity index (χ1v) is 13.4. The van der Waals surface area contributed by atoms with E-state index in [1.165, 1.54) is 39.8 Å². The number of hydrogen-bond donors (Lipinski definition) is 2. The number of ether oxygens (including phenoxy) is 2. The fraction of sp³-hybridized carbons (Fsp3) is 0.269. The van der Waals surface area contributed by atoms with Gasteiger partial charge in [-0.3, -0.25) is 0 Å². The van der Waals surface area contributed by atoms with Crippen LogP contribution in [0.25, 0.3) is 10.9 Å². The maximum Gasteiger partial charge on any atom is 0.416 e. The van der Waals surface area contributed by atoms with E-state index in [-0.39, 0.29) is 40.1 Å². The number of anilines is 2. The van der Waals surface area contributed by atoms with Crippen molar-refractivity contribution in [1.82, 2.24) is 4.57 Å². The smallest absolute Gasteiger partial charge is 0.416 e. The van der Waals surface area contributed by atoms with Gasteiger partial charge in [-0.15, -0.1) is 11.3 Å². The van der Waals surface area contributed by atoms with Crippen molar-refractivity contribution in [3.05, 3.63) is 68.2 Å². The van der Waals surface area contributed by atoms with Crippen LogP contribution in [0.2, 0.25) is 0 Å². The monoisotopic (exact) mass is 579 g/mol. The van der Waals surface area contributed by atoms with Gasteiger partial charge >= 0.3 is 24.1 Å². The summed E-state index contributed by atoms with van der Waals surface area (Å²) >= 11 is 2.56. The number of esters is 2. The van der Waals surface area contributed by atoms with E-state index in [9.17, 15) is 27.6 Å². The summed E-state index contributed by atoms with van der Waals surface area (Å²) in [5.74, 6) is -1.51. The van der Waals surface area contributed by atoms with E-state index in [0.717, 1.165) is 29.0 Å². The van der Waals surface area contributed by atoms with E-state index in [2.05, 4.69) is 10.6 Å². The highest BCUT2D eigenvalue weighted by molar-refractivity contribution is 7.08. The zero-order valence-electron chi connectivity index (χ0n) is 21.3. The molecule has 206 valence electrons. The Morgan fingerprint density at radius 3 is 2.33 bits per heavy atom. The summed E-state index contributed by atoms with van der Waals surface area (Å²) in [6.45, 7) is 5.11. The molecule has 0 aliphatic carbocycles. The molecule has 0 radical (unpaired) electrons. The maximum absolute atomic E-state index is 13.7. The van der Waals surface area contributed by atoms with E-state index in [1.54, 1.807) is 20.8 Å². The Bertz CT molecular complexity index is 1530. The van der Waals surface area contributed by atoms with Crippen molar-refractivity contribution in [3.8, 4) is 0 Å². The van der Waals surface area contributed by atoms with Gasteiger partial charge in [-0.25, -0.2) is 14.4 Å². The third-order valence-electron chi connectivity index (χ3n) is 5.46. The molecular weight excluding hydrogens is 555 g/mol. The molecule has 0 aliphatic rings. The summed E-state index contributed by atoms with van der Waals surface area (Å²) in [5, 5.41) is 11.7. The van der Waals surface area contributed by atoms with Crippen molar-refractivity contribution >= 4 is 62.9 Å². The third kappa shape index (κ3) is 6.25. The number of rotatable bonds is 6.